The van der Waals surface area contributed by atoms with Crippen molar-refractivity contribution in [1.29, 1.82) is 0 Å². The van der Waals surface area contributed by atoms with Crippen LogP contribution < -0.4 is 5.32 Å². The zero-order valence-electron chi connectivity index (χ0n) is 17.2. The maximum absolute atomic E-state index is 13.2. The molecule has 1 aromatic heterocycles. The quantitative estimate of drug-likeness (QED) is 0.789. The maximum Gasteiger partial charge on any atom is 0.325 e. The van der Waals surface area contributed by atoms with Gasteiger partial charge >= 0.3 is 6.03 Å². The van der Waals surface area contributed by atoms with Gasteiger partial charge in [-0.1, -0.05) is 37.5 Å². The van der Waals surface area contributed by atoms with E-state index in [0.717, 1.165) is 29.2 Å². The first-order valence-electron chi connectivity index (χ1n) is 10.9. The van der Waals surface area contributed by atoms with Gasteiger partial charge in [0.25, 0.3) is 5.91 Å². The van der Waals surface area contributed by atoms with Gasteiger partial charge in [0, 0.05) is 18.5 Å². The Morgan fingerprint density at radius 1 is 1.17 bits per heavy atom. The predicted octanol–water partition coefficient (Wildman–Crippen LogP) is 3.24. The average molecular weight is 409 g/mol. The Morgan fingerprint density at radius 2 is 1.93 bits per heavy atom. The van der Waals surface area contributed by atoms with Gasteiger partial charge in [-0.2, -0.15) is 0 Å². The van der Waals surface area contributed by atoms with Gasteiger partial charge in [0.15, 0.2) is 5.54 Å². The largest absolute Gasteiger partial charge is 0.458 e. The van der Waals surface area contributed by atoms with Crippen molar-refractivity contribution in [2.45, 2.75) is 44.6 Å². The van der Waals surface area contributed by atoms with E-state index in [0.29, 0.717) is 23.8 Å². The van der Waals surface area contributed by atoms with Crippen LogP contribution in [0.1, 0.15) is 44.8 Å². The molecule has 158 valence electrons. The molecule has 30 heavy (non-hydrogen) atoms. The molecule has 1 N–H and O–H groups in total. The minimum absolute atomic E-state index is 0.156. The zero-order valence-corrected chi connectivity index (χ0v) is 17.2. The van der Waals surface area contributed by atoms with E-state index in [1.807, 2.05) is 29.2 Å². The summed E-state index contributed by atoms with van der Waals surface area (Å²) < 4.78 is 5.84. The van der Waals surface area contributed by atoms with Crippen molar-refractivity contribution in [3.8, 4) is 0 Å². The molecule has 0 bridgehead atoms. The summed E-state index contributed by atoms with van der Waals surface area (Å²) in [6.07, 6.45) is 5.97. The van der Waals surface area contributed by atoms with Crippen molar-refractivity contribution in [3.63, 3.8) is 0 Å². The number of furan rings is 1. The molecule has 0 spiro atoms. The summed E-state index contributed by atoms with van der Waals surface area (Å²) in [5, 5.41) is 3.60. The lowest BCUT2D eigenvalue weighted by Gasteiger charge is -2.41. The van der Waals surface area contributed by atoms with Gasteiger partial charge in [0.1, 0.15) is 17.9 Å². The monoisotopic (exact) mass is 409 g/mol. The minimum Gasteiger partial charge on any atom is -0.458 e. The van der Waals surface area contributed by atoms with Gasteiger partial charge < -0.3 is 14.6 Å². The van der Waals surface area contributed by atoms with Crippen molar-refractivity contribution >= 4 is 28.8 Å². The molecule has 3 aliphatic rings. The van der Waals surface area contributed by atoms with Crippen LogP contribution in [0.25, 0.3) is 11.0 Å². The van der Waals surface area contributed by atoms with Crippen molar-refractivity contribution in [2.75, 3.05) is 19.6 Å². The fourth-order valence-electron chi connectivity index (χ4n) is 5.30. The van der Waals surface area contributed by atoms with E-state index in [1.165, 1.54) is 25.7 Å². The standard InChI is InChI=1S/C23H27N3O4/c1-23(19-12-16-7-4-5-9-18(16)30-19)21(28)26(22(29)24-23)14-20(27)25-11-10-15-6-2-3-8-17(15)13-25/h4-5,7,9,12,15,17H,2-3,6,8,10-11,13-14H2,1H3,(H,24,29)/t15-,17-,23+/m1/s1. The lowest BCUT2D eigenvalue weighted by molar-refractivity contribution is -0.140. The topological polar surface area (TPSA) is 82.9 Å². The molecule has 3 fully saturated rings. The molecule has 7 heteroatoms. The number of benzene rings is 1. The second kappa shape index (κ2) is 7.15. The Balaban J connectivity index is 1.31. The Labute approximate surface area is 175 Å². The van der Waals surface area contributed by atoms with Gasteiger partial charge in [0.05, 0.1) is 0 Å². The first kappa shape index (κ1) is 19.2. The number of likely N-dealkylation sites (tertiary alicyclic amines) is 1. The molecule has 3 heterocycles. The molecule has 7 nitrogen and oxygen atoms in total. The first-order valence-corrected chi connectivity index (χ1v) is 10.9. The van der Waals surface area contributed by atoms with Gasteiger partial charge in [-0.25, -0.2) is 4.79 Å². The fraction of sp³-hybridized carbons (Fsp3) is 0.522. The summed E-state index contributed by atoms with van der Waals surface area (Å²) >= 11 is 0. The first-order chi connectivity index (χ1) is 14.5. The molecule has 0 unspecified atom stereocenters. The molecule has 2 aliphatic heterocycles. The van der Waals surface area contributed by atoms with Crippen LogP contribution in [-0.4, -0.2) is 47.3 Å². The van der Waals surface area contributed by atoms with Crippen LogP contribution in [0.3, 0.4) is 0 Å². The van der Waals surface area contributed by atoms with E-state index in [-0.39, 0.29) is 12.5 Å². The molecule has 2 aromatic rings. The van der Waals surface area contributed by atoms with Gasteiger partial charge in [0.2, 0.25) is 5.91 Å². The molecule has 1 aliphatic carbocycles. The normalized spacial score (nSPS) is 29.2. The van der Waals surface area contributed by atoms with Crippen LogP contribution in [-0.2, 0) is 15.1 Å². The van der Waals surface area contributed by atoms with Crippen LogP contribution in [0.5, 0.6) is 0 Å². The number of para-hydroxylation sites is 1. The number of carbonyl (C=O) groups is 3. The van der Waals surface area contributed by atoms with E-state index in [9.17, 15) is 14.4 Å². The smallest absolute Gasteiger partial charge is 0.325 e. The minimum atomic E-state index is -1.31. The number of imide groups is 1. The van der Waals surface area contributed by atoms with Crippen molar-refractivity contribution in [2.24, 2.45) is 11.8 Å². The number of hydrogen-bond donors (Lipinski definition) is 1. The summed E-state index contributed by atoms with van der Waals surface area (Å²) in [4.78, 5) is 41.6. The highest BCUT2D eigenvalue weighted by atomic mass is 16.3. The maximum atomic E-state index is 13.2. The second-order valence-corrected chi connectivity index (χ2v) is 9.03. The summed E-state index contributed by atoms with van der Waals surface area (Å²) in [7, 11) is 0. The SMILES string of the molecule is C[C@@]1(c2cc3ccccc3o2)NC(=O)N(CC(=O)N2CC[C@H]3CCCC[C@@H]3C2)C1=O. The van der Waals surface area contributed by atoms with Gasteiger partial charge in [-0.05, 0) is 43.7 Å². The van der Waals surface area contributed by atoms with Gasteiger partial charge in [-0.15, -0.1) is 0 Å². The highest BCUT2D eigenvalue weighted by Crippen LogP contribution is 2.36. The third-order valence-corrected chi connectivity index (χ3v) is 7.13. The van der Waals surface area contributed by atoms with Crippen molar-refractivity contribution in [3.05, 3.63) is 36.1 Å². The molecule has 5 rings (SSSR count). The molecular weight excluding hydrogens is 382 g/mol. The third kappa shape index (κ3) is 3.07. The van der Waals surface area contributed by atoms with E-state index in [1.54, 1.807) is 13.0 Å². The lowest BCUT2D eigenvalue weighted by atomic mass is 9.75. The number of amides is 4. The predicted molar refractivity (Wildman–Crippen MR) is 110 cm³/mol. The molecule has 4 amide bonds. The molecule has 2 saturated heterocycles. The molecule has 1 saturated carbocycles. The highest BCUT2D eigenvalue weighted by Gasteiger charge is 2.52. The average Bonchev–Trinajstić information content (AvgIpc) is 3.29. The zero-order chi connectivity index (χ0) is 20.9. The van der Waals surface area contributed by atoms with Crippen LogP contribution in [0.15, 0.2) is 34.7 Å². The Hall–Kier alpha value is -2.83. The lowest BCUT2D eigenvalue weighted by Crippen LogP contribution is -2.49. The van der Waals surface area contributed by atoms with E-state index in [2.05, 4.69) is 5.32 Å². The van der Waals surface area contributed by atoms with Crippen LogP contribution in [0.2, 0.25) is 0 Å². The number of urea groups is 1. The Morgan fingerprint density at radius 3 is 2.73 bits per heavy atom. The molecule has 1 aromatic carbocycles. The van der Waals surface area contributed by atoms with Gasteiger partial charge in [-0.3, -0.25) is 14.5 Å². The molecule has 0 radical (unpaired) electrons. The third-order valence-electron chi connectivity index (χ3n) is 7.13. The van der Waals surface area contributed by atoms with Crippen LogP contribution >= 0.6 is 0 Å². The number of carbonyl (C=O) groups excluding carboxylic acids is 3. The summed E-state index contributed by atoms with van der Waals surface area (Å²) in [6, 6.07) is 8.67. The number of nitrogens with one attached hydrogen (secondary N) is 1. The number of nitrogens with zero attached hydrogens (tertiary/aromatic N) is 2. The van der Waals surface area contributed by atoms with Crippen LogP contribution in [0, 0.1) is 11.8 Å². The van der Waals surface area contributed by atoms with E-state index in [4.69, 9.17) is 4.42 Å². The van der Waals surface area contributed by atoms with Crippen molar-refractivity contribution in [1.82, 2.24) is 15.1 Å². The summed E-state index contributed by atoms with van der Waals surface area (Å²) in [5.74, 6) is 1.04. The van der Waals surface area contributed by atoms with E-state index >= 15 is 0 Å². The molecule has 3 atom stereocenters. The second-order valence-electron chi connectivity index (χ2n) is 9.03. The number of hydrogen-bond acceptors (Lipinski definition) is 4. The van der Waals surface area contributed by atoms with Crippen LogP contribution in [0.4, 0.5) is 4.79 Å². The highest BCUT2D eigenvalue weighted by molar-refractivity contribution is 6.09. The summed E-state index contributed by atoms with van der Waals surface area (Å²) in [5.41, 5.74) is -0.659. The summed E-state index contributed by atoms with van der Waals surface area (Å²) in [6.45, 7) is 2.86. The molecular formula is C23H27N3O4. The number of fused-ring (bicyclic) bond motifs is 2. The van der Waals surface area contributed by atoms with Crippen molar-refractivity contribution < 1.29 is 18.8 Å². The fourth-order valence-corrected chi connectivity index (χ4v) is 5.30. The van der Waals surface area contributed by atoms with E-state index < -0.39 is 17.5 Å². The number of rotatable bonds is 3. The Kier molecular flexibility index (Phi) is 4.56. The Bertz CT molecular complexity index is 982. The number of piperidine rings is 1.